The number of rotatable bonds is 4. The Morgan fingerprint density at radius 2 is 2.05 bits per heavy atom. The molecule has 19 heavy (non-hydrogen) atoms. The molecule has 5 heteroatoms. The van der Waals surface area contributed by atoms with Crippen LogP contribution in [0.1, 0.15) is 12.5 Å². The average molecular weight is 276 g/mol. The van der Waals surface area contributed by atoms with Crippen molar-refractivity contribution in [2.24, 2.45) is 0 Å². The van der Waals surface area contributed by atoms with Gasteiger partial charge in [0.1, 0.15) is 0 Å². The largest absolute Gasteiger partial charge is 0.264 e. The summed E-state index contributed by atoms with van der Waals surface area (Å²) >= 11 is 0. The molecular weight excluding hydrogens is 260 g/mol. The first-order valence-corrected chi connectivity index (χ1v) is 7.53. The van der Waals surface area contributed by atoms with E-state index in [1.54, 1.807) is 31.5 Å². The highest BCUT2D eigenvalue weighted by Gasteiger charge is 2.14. The van der Waals surface area contributed by atoms with Crippen LogP contribution in [0.25, 0.3) is 11.1 Å². The molecule has 100 valence electrons. The second kappa shape index (κ2) is 5.50. The molecule has 0 radical (unpaired) electrons. The summed E-state index contributed by atoms with van der Waals surface area (Å²) in [4.78, 5) is 4.36. The lowest BCUT2D eigenvalue weighted by molar-refractivity contribution is 0.584. The minimum Gasteiger partial charge on any atom is -0.264 e. The van der Waals surface area contributed by atoms with Crippen LogP contribution in [0.3, 0.4) is 0 Å². The van der Waals surface area contributed by atoms with E-state index in [1.807, 2.05) is 25.1 Å². The molecule has 0 spiro atoms. The molecule has 0 aliphatic carbocycles. The summed E-state index contributed by atoms with van der Waals surface area (Å²) in [5, 5.41) is 0. The summed E-state index contributed by atoms with van der Waals surface area (Å²) in [5.74, 6) is 0. The molecule has 1 N–H and O–H groups in total. The van der Waals surface area contributed by atoms with Gasteiger partial charge in [0.2, 0.25) is 10.0 Å². The molecule has 4 nitrogen and oxygen atoms in total. The van der Waals surface area contributed by atoms with Gasteiger partial charge in [-0.2, -0.15) is 0 Å². The number of hydrogen-bond donors (Lipinski definition) is 1. The van der Waals surface area contributed by atoms with Gasteiger partial charge in [-0.15, -0.1) is 0 Å². The lowest BCUT2D eigenvalue weighted by Gasteiger charge is -2.09. The van der Waals surface area contributed by atoms with Gasteiger partial charge in [0, 0.05) is 24.5 Å². The second-order valence-electron chi connectivity index (χ2n) is 4.22. The summed E-state index contributed by atoms with van der Waals surface area (Å²) in [7, 11) is -3.40. The van der Waals surface area contributed by atoms with Gasteiger partial charge in [-0.05, 0) is 36.2 Å². The molecule has 0 aliphatic heterocycles. The first-order valence-electron chi connectivity index (χ1n) is 6.05. The molecule has 1 aromatic heterocycles. The van der Waals surface area contributed by atoms with E-state index in [0.717, 1.165) is 16.7 Å². The predicted molar refractivity (Wildman–Crippen MR) is 75.3 cm³/mol. The lowest BCUT2D eigenvalue weighted by Crippen LogP contribution is -2.23. The number of benzene rings is 1. The highest BCUT2D eigenvalue weighted by molar-refractivity contribution is 7.89. The number of hydrogen-bond acceptors (Lipinski definition) is 3. The zero-order chi connectivity index (χ0) is 13.9. The Bertz CT molecular complexity index is 667. The van der Waals surface area contributed by atoms with Crippen LogP contribution in [-0.2, 0) is 10.0 Å². The van der Waals surface area contributed by atoms with Crippen LogP contribution >= 0.6 is 0 Å². The van der Waals surface area contributed by atoms with E-state index in [2.05, 4.69) is 9.71 Å². The molecule has 2 rings (SSSR count). The van der Waals surface area contributed by atoms with E-state index in [0.29, 0.717) is 11.4 Å². The van der Waals surface area contributed by atoms with Crippen molar-refractivity contribution in [3.8, 4) is 11.1 Å². The molecule has 0 saturated heterocycles. The van der Waals surface area contributed by atoms with Gasteiger partial charge in [-0.3, -0.25) is 4.98 Å². The molecule has 0 aliphatic rings. The van der Waals surface area contributed by atoms with Gasteiger partial charge in [0.05, 0.1) is 4.90 Å². The lowest BCUT2D eigenvalue weighted by atomic mass is 10.0. The zero-order valence-corrected chi connectivity index (χ0v) is 11.7. The maximum absolute atomic E-state index is 11.9. The Morgan fingerprint density at radius 3 is 2.63 bits per heavy atom. The summed E-state index contributed by atoms with van der Waals surface area (Å²) in [6.45, 7) is 4.04. The standard InChI is InChI=1S/C14H16N2O2S/c1-3-16-19(17,18)13-6-7-14(11(2)9-13)12-5-4-8-15-10-12/h4-10,16H,3H2,1-2H3. The maximum Gasteiger partial charge on any atom is 0.240 e. The third-order valence-electron chi connectivity index (χ3n) is 2.82. The number of nitrogens with one attached hydrogen (secondary N) is 1. The molecule has 1 heterocycles. The van der Waals surface area contributed by atoms with Crippen molar-refractivity contribution < 1.29 is 8.42 Å². The van der Waals surface area contributed by atoms with Gasteiger partial charge in [0.15, 0.2) is 0 Å². The van der Waals surface area contributed by atoms with Gasteiger partial charge in [-0.1, -0.05) is 19.1 Å². The van der Waals surface area contributed by atoms with Gasteiger partial charge < -0.3 is 0 Å². The van der Waals surface area contributed by atoms with Crippen molar-refractivity contribution in [2.45, 2.75) is 18.7 Å². The number of nitrogens with zero attached hydrogens (tertiary/aromatic N) is 1. The highest BCUT2D eigenvalue weighted by Crippen LogP contribution is 2.24. The van der Waals surface area contributed by atoms with Crippen molar-refractivity contribution >= 4 is 10.0 Å². The second-order valence-corrected chi connectivity index (χ2v) is 5.99. The topological polar surface area (TPSA) is 59.1 Å². The zero-order valence-electron chi connectivity index (χ0n) is 10.9. The van der Waals surface area contributed by atoms with Crippen molar-refractivity contribution in [3.05, 3.63) is 48.3 Å². The molecule has 0 unspecified atom stereocenters. The van der Waals surface area contributed by atoms with E-state index in [9.17, 15) is 8.42 Å². The van der Waals surface area contributed by atoms with Crippen LogP contribution in [-0.4, -0.2) is 19.9 Å². The van der Waals surface area contributed by atoms with Gasteiger partial charge >= 0.3 is 0 Å². The predicted octanol–water partition coefficient (Wildman–Crippen LogP) is 2.36. The number of pyridine rings is 1. The average Bonchev–Trinajstić information content (AvgIpc) is 2.39. The number of aryl methyl sites for hydroxylation is 1. The van der Waals surface area contributed by atoms with Crippen molar-refractivity contribution in [1.82, 2.24) is 9.71 Å². The third-order valence-corrected chi connectivity index (χ3v) is 4.36. The Hall–Kier alpha value is -1.72. The molecule has 1 aromatic carbocycles. The van der Waals surface area contributed by atoms with E-state index in [1.165, 1.54) is 0 Å². The number of sulfonamides is 1. The molecule has 2 aromatic rings. The minimum absolute atomic E-state index is 0.291. The van der Waals surface area contributed by atoms with Crippen LogP contribution < -0.4 is 4.72 Å². The normalized spacial score (nSPS) is 11.5. The smallest absolute Gasteiger partial charge is 0.240 e. The number of aromatic nitrogens is 1. The Kier molecular flexibility index (Phi) is 3.97. The molecule has 0 amide bonds. The summed E-state index contributed by atoms with van der Waals surface area (Å²) < 4.78 is 26.3. The molecule has 0 fully saturated rings. The van der Waals surface area contributed by atoms with Crippen molar-refractivity contribution in [2.75, 3.05) is 6.54 Å². The van der Waals surface area contributed by atoms with E-state index in [4.69, 9.17) is 0 Å². The van der Waals surface area contributed by atoms with E-state index >= 15 is 0 Å². The molecule has 0 saturated carbocycles. The van der Waals surface area contributed by atoms with Crippen LogP contribution in [0.4, 0.5) is 0 Å². The van der Waals surface area contributed by atoms with Crippen LogP contribution in [0.2, 0.25) is 0 Å². The Morgan fingerprint density at radius 1 is 1.26 bits per heavy atom. The SMILES string of the molecule is CCNS(=O)(=O)c1ccc(-c2cccnc2)c(C)c1. The molecule has 0 bridgehead atoms. The van der Waals surface area contributed by atoms with Crippen molar-refractivity contribution in [1.29, 1.82) is 0 Å². The van der Waals surface area contributed by atoms with Crippen LogP contribution in [0.15, 0.2) is 47.6 Å². The summed E-state index contributed by atoms with van der Waals surface area (Å²) in [6, 6.07) is 8.93. The van der Waals surface area contributed by atoms with Crippen LogP contribution in [0.5, 0.6) is 0 Å². The fraction of sp³-hybridized carbons (Fsp3) is 0.214. The van der Waals surface area contributed by atoms with Crippen molar-refractivity contribution in [3.63, 3.8) is 0 Å². The fourth-order valence-electron chi connectivity index (χ4n) is 1.92. The third kappa shape index (κ3) is 3.00. The minimum atomic E-state index is -3.40. The Labute approximate surface area is 113 Å². The Balaban J connectivity index is 2.44. The maximum atomic E-state index is 11.9. The first kappa shape index (κ1) is 13.7. The first-order chi connectivity index (χ1) is 9.04. The summed E-state index contributed by atoms with van der Waals surface area (Å²) in [6.07, 6.45) is 3.48. The monoisotopic (exact) mass is 276 g/mol. The fourth-order valence-corrected chi connectivity index (χ4v) is 3.05. The van der Waals surface area contributed by atoms with E-state index in [-0.39, 0.29) is 0 Å². The highest BCUT2D eigenvalue weighted by atomic mass is 32.2. The van der Waals surface area contributed by atoms with E-state index < -0.39 is 10.0 Å². The quantitative estimate of drug-likeness (QED) is 0.932. The summed E-state index contributed by atoms with van der Waals surface area (Å²) in [5.41, 5.74) is 2.88. The van der Waals surface area contributed by atoms with Gasteiger partial charge in [0.25, 0.3) is 0 Å². The molecular formula is C14H16N2O2S. The molecule has 0 atom stereocenters. The van der Waals surface area contributed by atoms with Crippen LogP contribution in [0, 0.1) is 6.92 Å². The van der Waals surface area contributed by atoms with Gasteiger partial charge in [-0.25, -0.2) is 13.1 Å².